The van der Waals surface area contributed by atoms with Crippen molar-refractivity contribution < 1.29 is 23.5 Å². The van der Waals surface area contributed by atoms with E-state index >= 15 is 4.39 Å². The number of nitrogens with zero attached hydrogens (tertiary/aromatic N) is 8. The van der Waals surface area contributed by atoms with Crippen molar-refractivity contribution in [1.82, 2.24) is 44.8 Å². The van der Waals surface area contributed by atoms with Gasteiger partial charge in [-0.05, 0) is 120 Å². The molecule has 7 heterocycles. The average molecular weight is 910 g/mol. The Bertz CT molecular complexity index is 2700. The molecule has 1 aliphatic carbocycles. The Labute approximate surface area is 381 Å². The second kappa shape index (κ2) is 18.3. The maximum Gasteiger partial charge on any atom is 0.294 e. The number of hydrogen-bond acceptors (Lipinski definition) is 12. The maximum absolute atomic E-state index is 16.2. The minimum atomic E-state index is -0.562. The fourth-order valence-electron chi connectivity index (χ4n) is 10.6. The molecule has 1 aromatic carbocycles. The third kappa shape index (κ3) is 9.01. The van der Waals surface area contributed by atoms with Crippen LogP contribution in [0.3, 0.4) is 0 Å². The number of pyridine rings is 2. The Balaban J connectivity index is 0.774. The molecule has 1 saturated carbocycles. The van der Waals surface area contributed by atoms with Crippen LogP contribution < -0.4 is 31.1 Å². The largest absolute Gasteiger partial charge is 0.478 e. The summed E-state index contributed by atoms with van der Waals surface area (Å²) < 4.78 is 24.9. The minimum Gasteiger partial charge on any atom is -0.478 e. The zero-order valence-corrected chi connectivity index (χ0v) is 38.2. The molecule has 1 spiro atoms. The van der Waals surface area contributed by atoms with E-state index in [0.29, 0.717) is 67.9 Å². The van der Waals surface area contributed by atoms with Gasteiger partial charge in [0.25, 0.3) is 11.5 Å². The van der Waals surface area contributed by atoms with Crippen molar-refractivity contribution in [3.63, 3.8) is 0 Å². The number of ether oxygens (including phenoxy) is 1. The predicted molar refractivity (Wildman–Crippen MR) is 246 cm³/mol. The summed E-state index contributed by atoms with van der Waals surface area (Å²) in [6.07, 6.45) is 12.7. The van der Waals surface area contributed by atoms with Crippen molar-refractivity contribution in [2.75, 3.05) is 56.6 Å². The number of halogens is 2. The Morgan fingerprint density at radius 2 is 1.75 bits per heavy atom. The molecule has 5 aromatic rings. The average Bonchev–Trinajstić information content (AvgIpc) is 3.63. The highest BCUT2D eigenvalue weighted by Crippen LogP contribution is 2.47. The van der Waals surface area contributed by atoms with Crippen molar-refractivity contribution in [2.24, 2.45) is 18.4 Å². The topological polar surface area (TPSA) is 181 Å². The molecule has 18 heteroatoms. The van der Waals surface area contributed by atoms with Gasteiger partial charge in [0.15, 0.2) is 24.0 Å². The normalized spacial score (nSPS) is 19.9. The maximum atomic E-state index is 16.2. The van der Waals surface area contributed by atoms with Crippen molar-refractivity contribution in [2.45, 2.75) is 95.9 Å². The zero-order valence-electron chi connectivity index (χ0n) is 37.5. The molecule has 3 aliphatic heterocycles. The lowest BCUT2D eigenvalue weighted by molar-refractivity contribution is -0.134. The first kappa shape index (κ1) is 44.5. The third-order valence-corrected chi connectivity index (χ3v) is 14.7. The third-order valence-electron chi connectivity index (χ3n) is 14.4. The molecule has 16 nitrogen and oxygen atoms in total. The van der Waals surface area contributed by atoms with Crippen LogP contribution in [0.1, 0.15) is 107 Å². The number of hydrogen-bond donors (Lipinski definition) is 3. The number of piperidine rings is 3. The molecule has 4 aliphatic rings. The van der Waals surface area contributed by atoms with Gasteiger partial charge in [0, 0.05) is 57.0 Å². The van der Waals surface area contributed by atoms with E-state index in [2.05, 4.69) is 40.8 Å². The van der Waals surface area contributed by atoms with Gasteiger partial charge < -0.3 is 25.2 Å². The van der Waals surface area contributed by atoms with E-state index in [-0.39, 0.29) is 59.8 Å². The highest BCUT2D eigenvalue weighted by molar-refractivity contribution is 6.33. The van der Waals surface area contributed by atoms with Gasteiger partial charge in [0.2, 0.25) is 17.8 Å². The number of rotatable bonds is 11. The fourth-order valence-corrected chi connectivity index (χ4v) is 10.8. The predicted octanol–water partition coefficient (Wildman–Crippen LogP) is 6.49. The van der Waals surface area contributed by atoms with Crippen molar-refractivity contribution in [1.29, 1.82) is 0 Å². The van der Waals surface area contributed by atoms with Gasteiger partial charge in [0.1, 0.15) is 16.2 Å². The number of fused-ring (bicyclic) bond motifs is 2. The van der Waals surface area contributed by atoms with Gasteiger partial charge in [0.05, 0.1) is 29.7 Å². The van der Waals surface area contributed by atoms with Crippen LogP contribution in [0.15, 0.2) is 41.5 Å². The molecule has 4 fully saturated rings. The van der Waals surface area contributed by atoms with Gasteiger partial charge in [-0.25, -0.2) is 14.4 Å². The summed E-state index contributed by atoms with van der Waals surface area (Å²) in [6, 6.07) is 7.06. The van der Waals surface area contributed by atoms with Crippen LogP contribution in [-0.2, 0) is 21.4 Å². The van der Waals surface area contributed by atoms with E-state index in [0.717, 1.165) is 64.0 Å². The summed E-state index contributed by atoms with van der Waals surface area (Å²) in [5.74, 6) is 0.113. The molecule has 65 heavy (non-hydrogen) atoms. The van der Waals surface area contributed by atoms with E-state index < -0.39 is 5.92 Å². The highest BCUT2D eigenvalue weighted by Gasteiger charge is 2.40. The number of amides is 3. The number of likely N-dealkylation sites (tertiary alicyclic amines) is 1. The number of imide groups is 1. The first-order chi connectivity index (χ1) is 31.3. The van der Waals surface area contributed by atoms with Crippen LogP contribution in [0.2, 0.25) is 5.02 Å². The molecule has 3 amide bonds. The van der Waals surface area contributed by atoms with Crippen LogP contribution in [0, 0.1) is 17.2 Å². The zero-order chi connectivity index (χ0) is 45.6. The summed E-state index contributed by atoms with van der Waals surface area (Å²) >= 11 is 6.63. The van der Waals surface area contributed by atoms with Gasteiger partial charge in [-0.3, -0.25) is 33.7 Å². The number of likely N-dealkylation sites (N-methyl/N-ethyl adjacent to an activating group) is 1. The van der Waals surface area contributed by atoms with Crippen LogP contribution in [0.25, 0.3) is 21.9 Å². The van der Waals surface area contributed by atoms with Crippen molar-refractivity contribution in [3.8, 4) is 5.75 Å². The molecule has 0 radical (unpaired) electrons. The lowest BCUT2D eigenvalue weighted by Gasteiger charge is -2.47. The van der Waals surface area contributed by atoms with Gasteiger partial charge in [-0.15, -0.1) is 0 Å². The minimum absolute atomic E-state index is 0.0606. The second-order valence-electron chi connectivity index (χ2n) is 18.8. The monoisotopic (exact) mass is 909 g/mol. The second-order valence-corrected chi connectivity index (χ2v) is 19.2. The lowest BCUT2D eigenvalue weighted by Crippen LogP contribution is -2.44. The number of carbonyl (C=O) groups is 3. The quantitative estimate of drug-likeness (QED) is 0.123. The molecular weight excluding hydrogens is 853 g/mol. The van der Waals surface area contributed by atoms with E-state index in [9.17, 15) is 19.2 Å². The number of anilines is 3. The first-order valence-electron chi connectivity index (χ1n) is 22.9. The first-order valence-corrected chi connectivity index (χ1v) is 23.3. The standard InChI is InChI=1S/C47H57ClFN11O5/c1-27(2)60-43-30(22-36(45(60)64)65-26-38(62)50-3)21-31(23-51-43)53-42-35(48)24-52-46(55-42)59-19-15-47(16-20-59)13-9-28(10-14-47)25-58-17-11-29(12-18-58)32-5-6-33-40(56-57(4)41(33)39(32)49)34-7-8-37(61)54-44(34)63/h5-6,21-24,27-29,34H,7-20,25-26H2,1-4H3,(H,50,62)(H,52,53,55)(H,54,61,63). The summed E-state index contributed by atoms with van der Waals surface area (Å²) in [5, 5.41) is 14.4. The number of aromatic nitrogens is 6. The van der Waals surface area contributed by atoms with E-state index in [1.165, 1.54) is 32.7 Å². The Morgan fingerprint density at radius 1 is 1.00 bits per heavy atom. The number of carbonyl (C=O) groups excluding carboxylic acids is 3. The van der Waals surface area contributed by atoms with E-state index in [4.69, 9.17) is 21.3 Å². The van der Waals surface area contributed by atoms with E-state index in [1.54, 1.807) is 34.8 Å². The number of benzene rings is 1. The Kier molecular flexibility index (Phi) is 12.5. The lowest BCUT2D eigenvalue weighted by atomic mass is 9.65. The molecule has 1 atom stereocenters. The molecule has 0 bridgehead atoms. The number of aryl methyl sites for hydroxylation is 1. The van der Waals surface area contributed by atoms with E-state index in [1.807, 2.05) is 32.0 Å². The van der Waals surface area contributed by atoms with Gasteiger partial charge >= 0.3 is 0 Å². The van der Waals surface area contributed by atoms with Crippen LogP contribution >= 0.6 is 11.6 Å². The smallest absolute Gasteiger partial charge is 0.294 e. The molecule has 344 valence electrons. The SMILES string of the molecule is CNC(=O)COc1cc2cc(Nc3nc(N4CCC5(CCC(CN6CCC(c7ccc8c(C9CCC(=O)NC9=O)nn(C)c8c7F)CC6)CC5)CC4)ncc3Cl)cnc2n(C(C)C)c1=O. The van der Waals surface area contributed by atoms with Crippen molar-refractivity contribution >= 4 is 68.7 Å². The summed E-state index contributed by atoms with van der Waals surface area (Å²) in [5.41, 5.74) is 2.76. The molecule has 3 saturated heterocycles. The molecular formula is C47H57ClFN11O5. The van der Waals surface area contributed by atoms with Gasteiger partial charge in [-0.2, -0.15) is 10.1 Å². The van der Waals surface area contributed by atoms with Crippen molar-refractivity contribution in [3.05, 3.63) is 69.1 Å². The van der Waals surface area contributed by atoms with Crippen LogP contribution in [-0.4, -0.2) is 98.3 Å². The van der Waals surface area contributed by atoms with Crippen LogP contribution in [0.4, 0.5) is 21.8 Å². The summed E-state index contributed by atoms with van der Waals surface area (Å²) in [7, 11) is 3.23. The summed E-state index contributed by atoms with van der Waals surface area (Å²) in [4.78, 5) is 68.3. The highest BCUT2D eigenvalue weighted by atomic mass is 35.5. The molecule has 3 N–H and O–H groups in total. The molecule has 1 unspecified atom stereocenters. The molecule has 4 aromatic heterocycles. The number of nitrogens with one attached hydrogen (secondary N) is 3. The summed E-state index contributed by atoms with van der Waals surface area (Å²) in [6.45, 7) is 8.19. The van der Waals surface area contributed by atoms with Crippen LogP contribution in [0.5, 0.6) is 5.75 Å². The molecule has 9 rings (SSSR count). The van der Waals surface area contributed by atoms with Gasteiger partial charge in [-0.1, -0.05) is 23.7 Å². The Hall–Kier alpha value is -5.68. The Morgan fingerprint density at radius 3 is 2.46 bits per heavy atom. The fraction of sp³-hybridized carbons (Fsp3) is 0.532.